The van der Waals surface area contributed by atoms with Crippen molar-refractivity contribution in [2.24, 2.45) is 0 Å². The van der Waals surface area contributed by atoms with E-state index in [2.05, 4.69) is 20.3 Å². The first-order valence-electron chi connectivity index (χ1n) is 9.61. The monoisotopic (exact) mass is 451 g/mol. The fourth-order valence-electron chi connectivity index (χ4n) is 3.38. The number of rotatable bonds is 6. The van der Waals surface area contributed by atoms with Crippen molar-refractivity contribution in [1.29, 1.82) is 0 Å². The zero-order valence-corrected chi connectivity index (χ0v) is 18.4. The van der Waals surface area contributed by atoms with Crippen LogP contribution >= 0.6 is 23.4 Å². The zero-order valence-electron chi connectivity index (χ0n) is 16.9. The molecule has 0 amide bonds. The molecule has 0 N–H and O–H groups in total. The van der Waals surface area contributed by atoms with Gasteiger partial charge in [-0.1, -0.05) is 29.8 Å². The Hall–Kier alpha value is -3.01. The summed E-state index contributed by atoms with van der Waals surface area (Å²) >= 11 is 7.94. The average Bonchev–Trinajstić information content (AvgIpc) is 3.33. The maximum Gasteiger partial charge on any atom is 0.197 e. The summed E-state index contributed by atoms with van der Waals surface area (Å²) in [5.74, 6) is 0.755. The molecule has 0 aliphatic heterocycles. The predicted molar refractivity (Wildman–Crippen MR) is 119 cm³/mol. The third-order valence-corrected chi connectivity index (χ3v) is 6.33. The number of fused-ring (bicyclic) bond motifs is 3. The van der Waals surface area contributed by atoms with E-state index in [0.29, 0.717) is 23.8 Å². The summed E-state index contributed by atoms with van der Waals surface area (Å²) in [6, 6.07) is 11.8. The lowest BCUT2D eigenvalue weighted by Crippen LogP contribution is -2.07. The number of benzene rings is 1. The van der Waals surface area contributed by atoms with Crippen LogP contribution in [0.2, 0.25) is 5.02 Å². The van der Waals surface area contributed by atoms with Crippen molar-refractivity contribution in [3.05, 3.63) is 59.5 Å². The molecule has 0 bridgehead atoms. The van der Waals surface area contributed by atoms with E-state index in [4.69, 9.17) is 21.3 Å². The van der Waals surface area contributed by atoms with Crippen molar-refractivity contribution >= 4 is 39.9 Å². The molecule has 0 saturated carbocycles. The van der Waals surface area contributed by atoms with Gasteiger partial charge in [-0.3, -0.25) is 9.55 Å². The van der Waals surface area contributed by atoms with Gasteiger partial charge in [0.15, 0.2) is 16.6 Å². The van der Waals surface area contributed by atoms with Gasteiger partial charge in [-0.2, -0.15) is 5.10 Å². The number of ether oxygens (including phenoxy) is 1. The average molecular weight is 452 g/mol. The number of methoxy groups -OCH3 is 1. The van der Waals surface area contributed by atoms with Crippen LogP contribution < -0.4 is 0 Å². The van der Waals surface area contributed by atoms with E-state index >= 15 is 0 Å². The number of halogens is 1. The molecule has 0 atom stereocenters. The first kappa shape index (κ1) is 19.9. The van der Waals surface area contributed by atoms with Crippen LogP contribution in [-0.4, -0.2) is 48.1 Å². The highest BCUT2D eigenvalue weighted by Gasteiger charge is 2.19. The highest BCUT2D eigenvalue weighted by Crippen LogP contribution is 2.35. The molecule has 0 radical (unpaired) electrons. The van der Waals surface area contributed by atoms with Gasteiger partial charge in [0.2, 0.25) is 0 Å². The molecule has 8 nitrogen and oxygen atoms in total. The molecule has 156 valence electrons. The van der Waals surface area contributed by atoms with Crippen molar-refractivity contribution in [2.45, 2.75) is 23.7 Å². The minimum Gasteiger partial charge on any atom is -0.383 e. The number of aromatic nitrogens is 7. The zero-order chi connectivity index (χ0) is 21.4. The normalized spacial score (nSPS) is 11.6. The van der Waals surface area contributed by atoms with E-state index < -0.39 is 0 Å². The molecule has 0 spiro atoms. The Morgan fingerprint density at radius 1 is 1.10 bits per heavy atom. The van der Waals surface area contributed by atoms with E-state index in [1.165, 1.54) is 11.8 Å². The molecule has 4 heterocycles. The van der Waals surface area contributed by atoms with Crippen molar-refractivity contribution in [3.63, 3.8) is 0 Å². The quantitative estimate of drug-likeness (QED) is 0.356. The summed E-state index contributed by atoms with van der Waals surface area (Å²) in [6.45, 7) is 3.02. The van der Waals surface area contributed by atoms with Gasteiger partial charge in [-0.25, -0.2) is 9.50 Å². The van der Waals surface area contributed by atoms with Crippen LogP contribution in [0.3, 0.4) is 0 Å². The van der Waals surface area contributed by atoms with Crippen molar-refractivity contribution in [1.82, 2.24) is 34.3 Å². The SMILES string of the molecule is COCCn1c(Sc2nc3c(Cl)c(C)nn3c3ccccc23)nnc1-c1ccncc1. The Morgan fingerprint density at radius 2 is 1.90 bits per heavy atom. The first-order chi connectivity index (χ1) is 15.2. The summed E-state index contributed by atoms with van der Waals surface area (Å²) in [5, 5.41) is 16.5. The maximum atomic E-state index is 6.49. The molecule has 0 fully saturated rings. The summed E-state index contributed by atoms with van der Waals surface area (Å²) in [4.78, 5) is 8.92. The van der Waals surface area contributed by atoms with Crippen molar-refractivity contribution < 1.29 is 4.74 Å². The third-order valence-electron chi connectivity index (χ3n) is 4.90. The number of hydrogen-bond acceptors (Lipinski definition) is 7. The van der Waals surface area contributed by atoms with E-state index in [1.807, 2.05) is 47.9 Å². The molecule has 0 unspecified atom stereocenters. The summed E-state index contributed by atoms with van der Waals surface area (Å²) in [5.41, 5.74) is 3.23. The molecule has 31 heavy (non-hydrogen) atoms. The van der Waals surface area contributed by atoms with Crippen LogP contribution in [0, 0.1) is 6.92 Å². The number of nitrogens with zero attached hydrogens (tertiary/aromatic N) is 7. The van der Waals surface area contributed by atoms with Crippen LogP contribution in [0.5, 0.6) is 0 Å². The Bertz CT molecular complexity index is 1380. The summed E-state index contributed by atoms with van der Waals surface area (Å²) < 4.78 is 9.14. The lowest BCUT2D eigenvalue weighted by Gasteiger charge is -2.11. The summed E-state index contributed by atoms with van der Waals surface area (Å²) in [6.07, 6.45) is 3.48. The van der Waals surface area contributed by atoms with Gasteiger partial charge in [0.1, 0.15) is 10.0 Å². The number of para-hydroxylation sites is 1. The Kier molecular flexibility index (Phi) is 5.31. The molecule has 0 saturated heterocycles. The smallest absolute Gasteiger partial charge is 0.197 e. The predicted octanol–water partition coefficient (Wildman–Crippen LogP) is 4.30. The largest absolute Gasteiger partial charge is 0.383 e. The van der Waals surface area contributed by atoms with Crippen LogP contribution in [0.4, 0.5) is 0 Å². The first-order valence-corrected chi connectivity index (χ1v) is 10.8. The van der Waals surface area contributed by atoms with Crippen molar-refractivity contribution in [3.8, 4) is 11.4 Å². The second-order valence-electron chi connectivity index (χ2n) is 6.86. The molecule has 10 heteroatoms. The van der Waals surface area contributed by atoms with Crippen molar-refractivity contribution in [2.75, 3.05) is 13.7 Å². The van der Waals surface area contributed by atoms with Gasteiger partial charge in [0.25, 0.3) is 0 Å². The highest BCUT2D eigenvalue weighted by molar-refractivity contribution is 7.99. The van der Waals surface area contributed by atoms with Crippen LogP contribution in [0.1, 0.15) is 5.69 Å². The summed E-state index contributed by atoms with van der Waals surface area (Å²) in [7, 11) is 1.68. The lowest BCUT2D eigenvalue weighted by molar-refractivity contribution is 0.185. The van der Waals surface area contributed by atoms with Gasteiger partial charge in [0, 0.05) is 30.5 Å². The van der Waals surface area contributed by atoms with Gasteiger partial charge in [-0.05, 0) is 36.9 Å². The van der Waals surface area contributed by atoms with E-state index in [-0.39, 0.29) is 0 Å². The lowest BCUT2D eigenvalue weighted by atomic mass is 10.2. The molecule has 0 aliphatic rings. The maximum absolute atomic E-state index is 6.49. The van der Waals surface area contributed by atoms with Gasteiger partial charge in [0.05, 0.1) is 24.4 Å². The Morgan fingerprint density at radius 3 is 2.71 bits per heavy atom. The van der Waals surface area contributed by atoms with E-state index in [0.717, 1.165) is 38.2 Å². The fraction of sp³-hybridized carbons (Fsp3) is 0.190. The van der Waals surface area contributed by atoms with Crippen LogP contribution in [-0.2, 0) is 11.3 Å². The highest BCUT2D eigenvalue weighted by atomic mass is 35.5. The minimum absolute atomic E-state index is 0.532. The fourth-order valence-corrected chi connectivity index (χ4v) is 4.50. The van der Waals surface area contributed by atoms with Gasteiger partial charge in [-0.15, -0.1) is 10.2 Å². The molecular formula is C21H18ClN7OS. The van der Waals surface area contributed by atoms with E-state index in [9.17, 15) is 0 Å². The van der Waals surface area contributed by atoms with Crippen LogP contribution in [0.15, 0.2) is 59.0 Å². The second-order valence-corrected chi connectivity index (χ2v) is 8.19. The third kappa shape index (κ3) is 3.54. The number of pyridine rings is 1. The molecule has 0 aliphatic carbocycles. The molecule has 4 aromatic heterocycles. The number of hydrogen-bond donors (Lipinski definition) is 0. The minimum atomic E-state index is 0.532. The van der Waals surface area contributed by atoms with Crippen LogP contribution in [0.25, 0.3) is 27.9 Å². The standard InChI is InChI=1S/C21H18ClN7OS/c1-13-17(22)19-24-20(15-5-3-4-6-16(15)29(19)27-13)31-21-26-25-18(28(21)11-12-30-2)14-7-9-23-10-8-14/h3-10H,11-12H2,1-2H3. The Labute approximate surface area is 187 Å². The molecule has 5 rings (SSSR count). The van der Waals surface area contributed by atoms with Gasteiger partial charge < -0.3 is 4.74 Å². The molecule has 1 aromatic carbocycles. The topological polar surface area (TPSA) is 83.0 Å². The number of aryl methyl sites for hydroxylation is 1. The molecular weight excluding hydrogens is 434 g/mol. The Balaban J connectivity index is 1.66. The second kappa shape index (κ2) is 8.26. The van der Waals surface area contributed by atoms with E-state index in [1.54, 1.807) is 24.0 Å². The molecule has 5 aromatic rings. The van der Waals surface area contributed by atoms with Gasteiger partial charge >= 0.3 is 0 Å².